The molecule has 0 aliphatic heterocycles. The second-order valence-electron chi connectivity index (χ2n) is 5.86. The standard InChI is InChI=1S/C19H14Cl3N3O3S/c1-9-8-29-17(15(9)22)19(27)25-16-12(5-11(21)6-13(16)28-2)18(26)24-14-4-3-10(20)7-23-14/h3-8H,1-2H3,(H,25,27)(H,23,24,26). The van der Waals surface area contributed by atoms with Crippen LogP contribution in [-0.2, 0) is 0 Å². The number of rotatable bonds is 5. The van der Waals surface area contributed by atoms with Gasteiger partial charge < -0.3 is 15.4 Å². The molecule has 2 heterocycles. The van der Waals surface area contributed by atoms with Gasteiger partial charge in [0.05, 0.1) is 28.4 Å². The molecule has 3 rings (SSSR count). The maximum Gasteiger partial charge on any atom is 0.267 e. The number of carbonyl (C=O) groups excluding carboxylic acids is 2. The summed E-state index contributed by atoms with van der Waals surface area (Å²) in [5.74, 6) is -0.492. The molecule has 0 fully saturated rings. The number of halogens is 3. The van der Waals surface area contributed by atoms with Crippen LogP contribution in [0.3, 0.4) is 0 Å². The Labute approximate surface area is 185 Å². The zero-order chi connectivity index (χ0) is 21.1. The average Bonchev–Trinajstić information content (AvgIpc) is 3.03. The van der Waals surface area contributed by atoms with Crippen LogP contribution in [0.5, 0.6) is 5.75 Å². The summed E-state index contributed by atoms with van der Waals surface area (Å²) in [5, 5.41) is 8.17. The quantitative estimate of drug-likeness (QED) is 0.485. The fourth-order valence-corrected chi connectivity index (χ4v) is 3.93. The zero-order valence-corrected chi connectivity index (χ0v) is 18.3. The van der Waals surface area contributed by atoms with E-state index in [1.807, 2.05) is 0 Å². The van der Waals surface area contributed by atoms with E-state index in [0.29, 0.717) is 14.9 Å². The van der Waals surface area contributed by atoms with Crippen molar-refractivity contribution < 1.29 is 14.3 Å². The fraction of sp³-hybridized carbons (Fsp3) is 0.105. The molecule has 2 aromatic heterocycles. The van der Waals surface area contributed by atoms with Gasteiger partial charge >= 0.3 is 0 Å². The molecule has 150 valence electrons. The Morgan fingerprint density at radius 2 is 1.83 bits per heavy atom. The van der Waals surface area contributed by atoms with Gasteiger partial charge in [-0.1, -0.05) is 34.8 Å². The van der Waals surface area contributed by atoms with Gasteiger partial charge in [0.15, 0.2) is 0 Å². The molecule has 29 heavy (non-hydrogen) atoms. The average molecular weight is 471 g/mol. The Bertz CT molecular complexity index is 1080. The van der Waals surface area contributed by atoms with Crippen LogP contribution in [0.25, 0.3) is 0 Å². The molecule has 2 N–H and O–H groups in total. The van der Waals surface area contributed by atoms with Gasteiger partial charge in [-0.05, 0) is 36.1 Å². The van der Waals surface area contributed by atoms with Crippen LogP contribution >= 0.6 is 46.1 Å². The van der Waals surface area contributed by atoms with Gasteiger partial charge in [-0.3, -0.25) is 9.59 Å². The lowest BCUT2D eigenvalue weighted by Gasteiger charge is -2.15. The second-order valence-corrected chi connectivity index (χ2v) is 7.99. The third-order valence-electron chi connectivity index (χ3n) is 3.84. The van der Waals surface area contributed by atoms with E-state index in [1.165, 1.54) is 36.8 Å². The molecule has 0 aliphatic carbocycles. The predicted octanol–water partition coefficient (Wildman–Crippen LogP) is 5.92. The molecule has 1 aromatic carbocycles. The topological polar surface area (TPSA) is 80.3 Å². The van der Waals surface area contributed by atoms with E-state index >= 15 is 0 Å². The van der Waals surface area contributed by atoms with E-state index in [-0.39, 0.29) is 27.8 Å². The minimum absolute atomic E-state index is 0.101. The second kappa shape index (κ2) is 9.00. The van der Waals surface area contributed by atoms with Gasteiger partial charge in [0.2, 0.25) is 0 Å². The highest BCUT2D eigenvalue weighted by Gasteiger charge is 2.22. The normalized spacial score (nSPS) is 10.5. The van der Waals surface area contributed by atoms with Crippen LogP contribution in [0.4, 0.5) is 11.5 Å². The molecule has 3 aromatic rings. The number of hydrogen-bond donors (Lipinski definition) is 2. The van der Waals surface area contributed by atoms with Crippen LogP contribution in [0.1, 0.15) is 25.6 Å². The van der Waals surface area contributed by atoms with Crippen LogP contribution in [0.15, 0.2) is 35.8 Å². The molecule has 10 heteroatoms. The van der Waals surface area contributed by atoms with E-state index < -0.39 is 11.8 Å². The van der Waals surface area contributed by atoms with Gasteiger partial charge in [-0.15, -0.1) is 11.3 Å². The number of ether oxygens (including phenoxy) is 1. The van der Waals surface area contributed by atoms with Crippen LogP contribution < -0.4 is 15.4 Å². The first-order valence-electron chi connectivity index (χ1n) is 8.15. The summed E-state index contributed by atoms with van der Waals surface area (Å²) in [5.41, 5.74) is 1.05. The SMILES string of the molecule is COc1cc(Cl)cc(C(=O)Nc2ccc(Cl)cn2)c1NC(=O)c1scc(C)c1Cl. The molecule has 0 spiro atoms. The van der Waals surface area contributed by atoms with Crippen molar-refractivity contribution in [2.24, 2.45) is 0 Å². The number of hydrogen-bond acceptors (Lipinski definition) is 5. The highest BCUT2D eigenvalue weighted by molar-refractivity contribution is 7.13. The molecule has 0 aliphatic rings. The molecule has 0 saturated carbocycles. The fourth-order valence-electron chi connectivity index (χ4n) is 2.44. The summed E-state index contributed by atoms with van der Waals surface area (Å²) in [4.78, 5) is 30.0. The Morgan fingerprint density at radius 3 is 2.41 bits per heavy atom. The highest BCUT2D eigenvalue weighted by Crippen LogP contribution is 2.35. The van der Waals surface area contributed by atoms with Crippen molar-refractivity contribution in [3.05, 3.63) is 66.9 Å². The summed E-state index contributed by atoms with van der Waals surface area (Å²) in [6.45, 7) is 1.80. The molecular weight excluding hydrogens is 457 g/mol. The minimum atomic E-state index is -0.538. The summed E-state index contributed by atoms with van der Waals surface area (Å²) in [7, 11) is 1.41. The molecule has 0 saturated heterocycles. The summed E-state index contributed by atoms with van der Waals surface area (Å²) < 4.78 is 5.31. The van der Waals surface area contributed by atoms with Crippen molar-refractivity contribution >= 4 is 69.5 Å². The number of nitrogens with one attached hydrogen (secondary N) is 2. The molecule has 6 nitrogen and oxygen atoms in total. The lowest BCUT2D eigenvalue weighted by Crippen LogP contribution is -2.19. The number of benzene rings is 1. The van der Waals surface area contributed by atoms with Crippen LogP contribution in [-0.4, -0.2) is 23.9 Å². The first-order valence-corrected chi connectivity index (χ1v) is 10.2. The predicted molar refractivity (Wildman–Crippen MR) is 117 cm³/mol. The Kier molecular flexibility index (Phi) is 6.64. The van der Waals surface area contributed by atoms with Crippen molar-refractivity contribution in [2.75, 3.05) is 17.7 Å². The lowest BCUT2D eigenvalue weighted by molar-refractivity contribution is 0.102. The first kappa shape index (κ1) is 21.4. The molecule has 0 radical (unpaired) electrons. The van der Waals surface area contributed by atoms with Gasteiger partial charge in [0.25, 0.3) is 11.8 Å². The summed E-state index contributed by atoms with van der Waals surface area (Å²) in [6, 6.07) is 6.06. The molecule has 2 amide bonds. The number of carbonyl (C=O) groups is 2. The summed E-state index contributed by atoms with van der Waals surface area (Å²) in [6.07, 6.45) is 1.40. The molecule has 0 bridgehead atoms. The molecular formula is C19H14Cl3N3O3S. The zero-order valence-electron chi connectivity index (χ0n) is 15.2. The lowest BCUT2D eigenvalue weighted by atomic mass is 10.1. The number of anilines is 2. The number of methoxy groups -OCH3 is 1. The van der Waals surface area contributed by atoms with Gasteiger partial charge in [0.1, 0.15) is 16.4 Å². The van der Waals surface area contributed by atoms with Crippen molar-refractivity contribution in [1.82, 2.24) is 4.98 Å². The maximum absolute atomic E-state index is 12.9. The Hall–Kier alpha value is -2.32. The third-order valence-corrected chi connectivity index (χ3v) is 5.98. The van der Waals surface area contributed by atoms with E-state index in [0.717, 1.165) is 5.56 Å². The van der Waals surface area contributed by atoms with Crippen LogP contribution in [0, 0.1) is 6.92 Å². The summed E-state index contributed by atoms with van der Waals surface area (Å²) >= 11 is 19.3. The first-order chi connectivity index (χ1) is 13.8. The van der Waals surface area contributed by atoms with Crippen molar-refractivity contribution in [1.29, 1.82) is 0 Å². The molecule has 0 atom stereocenters. The van der Waals surface area contributed by atoms with Gasteiger partial charge in [0, 0.05) is 17.3 Å². The van der Waals surface area contributed by atoms with Gasteiger partial charge in [-0.25, -0.2) is 4.98 Å². The van der Waals surface area contributed by atoms with Crippen molar-refractivity contribution in [2.45, 2.75) is 6.92 Å². The third kappa shape index (κ3) is 4.82. The minimum Gasteiger partial charge on any atom is -0.494 e. The smallest absolute Gasteiger partial charge is 0.267 e. The molecule has 0 unspecified atom stereocenters. The highest BCUT2D eigenvalue weighted by atomic mass is 35.5. The van der Waals surface area contributed by atoms with Gasteiger partial charge in [-0.2, -0.15) is 0 Å². The Balaban J connectivity index is 1.97. The number of pyridine rings is 1. The van der Waals surface area contributed by atoms with E-state index in [1.54, 1.807) is 24.4 Å². The maximum atomic E-state index is 12.9. The number of amides is 2. The monoisotopic (exact) mass is 469 g/mol. The van der Waals surface area contributed by atoms with Crippen molar-refractivity contribution in [3.8, 4) is 5.75 Å². The van der Waals surface area contributed by atoms with Crippen LogP contribution in [0.2, 0.25) is 15.1 Å². The largest absolute Gasteiger partial charge is 0.494 e. The van der Waals surface area contributed by atoms with Crippen molar-refractivity contribution in [3.63, 3.8) is 0 Å². The number of aromatic nitrogens is 1. The number of aryl methyl sites for hydroxylation is 1. The number of thiophene rings is 1. The van der Waals surface area contributed by atoms with E-state index in [2.05, 4.69) is 15.6 Å². The Morgan fingerprint density at radius 1 is 1.07 bits per heavy atom. The van der Waals surface area contributed by atoms with E-state index in [9.17, 15) is 9.59 Å². The number of nitrogens with zero attached hydrogens (tertiary/aromatic N) is 1. The van der Waals surface area contributed by atoms with E-state index in [4.69, 9.17) is 39.5 Å².